The van der Waals surface area contributed by atoms with Crippen molar-refractivity contribution in [1.29, 1.82) is 0 Å². The molecule has 0 spiro atoms. The minimum absolute atomic E-state index is 0.0850. The van der Waals surface area contributed by atoms with E-state index < -0.39 is 12.0 Å². The Bertz CT molecular complexity index is 1320. The predicted octanol–water partition coefficient (Wildman–Crippen LogP) is 4.43. The molecular weight excluding hydrogens is 460 g/mol. The van der Waals surface area contributed by atoms with Crippen molar-refractivity contribution in [2.24, 2.45) is 7.05 Å². The Labute approximate surface area is 200 Å². The third kappa shape index (κ3) is 5.34. The summed E-state index contributed by atoms with van der Waals surface area (Å²) in [5.41, 5.74) is 1.54. The summed E-state index contributed by atoms with van der Waals surface area (Å²) in [4.78, 5) is 27.4. The zero-order valence-electron chi connectivity index (χ0n) is 18.0. The summed E-state index contributed by atoms with van der Waals surface area (Å²) in [6.07, 6.45) is 1.11. The van der Waals surface area contributed by atoms with Gasteiger partial charge in [-0.05, 0) is 29.3 Å². The van der Waals surface area contributed by atoms with Crippen molar-refractivity contribution in [1.82, 2.24) is 9.88 Å². The molecule has 170 valence electrons. The smallest absolute Gasteiger partial charge is 0.257 e. The average Bonchev–Trinajstić information content (AvgIpc) is 3.27. The molecule has 0 bridgehead atoms. The molecule has 1 unspecified atom stereocenters. The van der Waals surface area contributed by atoms with E-state index >= 15 is 0 Å². The van der Waals surface area contributed by atoms with Gasteiger partial charge < -0.3 is 19.7 Å². The SMILES string of the molecule is Cn1cc(C(=O)NCc2ccc(Cl)cc2)c(=O)c2cc(COC(CO)c3ccccc3)sc21. The molecule has 0 fully saturated rings. The summed E-state index contributed by atoms with van der Waals surface area (Å²) < 4.78 is 7.69. The maximum Gasteiger partial charge on any atom is 0.257 e. The van der Waals surface area contributed by atoms with E-state index in [1.165, 1.54) is 11.3 Å². The number of halogens is 1. The van der Waals surface area contributed by atoms with Crippen molar-refractivity contribution < 1.29 is 14.6 Å². The first kappa shape index (κ1) is 23.2. The molecule has 0 saturated carbocycles. The van der Waals surface area contributed by atoms with Gasteiger partial charge in [0.25, 0.3) is 5.91 Å². The normalized spacial score (nSPS) is 12.1. The van der Waals surface area contributed by atoms with Gasteiger partial charge in [0, 0.05) is 29.7 Å². The Hall–Kier alpha value is -2.97. The number of nitrogens with one attached hydrogen (secondary N) is 1. The molecule has 0 aliphatic heterocycles. The number of thiophene rings is 1. The Morgan fingerprint density at radius 1 is 1.18 bits per heavy atom. The van der Waals surface area contributed by atoms with Gasteiger partial charge in [0.1, 0.15) is 16.5 Å². The Balaban J connectivity index is 1.51. The zero-order chi connectivity index (χ0) is 23.4. The van der Waals surface area contributed by atoms with Crippen LogP contribution in [0.2, 0.25) is 5.02 Å². The molecule has 1 atom stereocenters. The van der Waals surface area contributed by atoms with Gasteiger partial charge in [-0.1, -0.05) is 54.1 Å². The number of rotatable bonds is 8. The van der Waals surface area contributed by atoms with Gasteiger partial charge in [-0.15, -0.1) is 11.3 Å². The number of aromatic nitrogens is 1. The largest absolute Gasteiger partial charge is 0.393 e. The number of hydrogen-bond acceptors (Lipinski definition) is 5. The summed E-state index contributed by atoms with van der Waals surface area (Å²) in [5, 5.41) is 13.6. The second-order valence-corrected chi connectivity index (χ2v) is 9.17. The molecule has 0 saturated heterocycles. The number of aryl methyl sites for hydroxylation is 1. The highest BCUT2D eigenvalue weighted by Crippen LogP contribution is 2.26. The van der Waals surface area contributed by atoms with Crippen LogP contribution in [0, 0.1) is 0 Å². The van der Waals surface area contributed by atoms with E-state index in [0.29, 0.717) is 17.0 Å². The van der Waals surface area contributed by atoms with E-state index in [9.17, 15) is 14.7 Å². The van der Waals surface area contributed by atoms with Gasteiger partial charge in [-0.3, -0.25) is 9.59 Å². The van der Waals surface area contributed by atoms with E-state index in [2.05, 4.69) is 5.32 Å². The van der Waals surface area contributed by atoms with Crippen molar-refractivity contribution in [2.45, 2.75) is 19.3 Å². The lowest BCUT2D eigenvalue weighted by molar-refractivity contribution is 0.00232. The summed E-state index contributed by atoms with van der Waals surface area (Å²) in [5.74, 6) is -0.430. The van der Waals surface area contributed by atoms with Crippen LogP contribution in [0.25, 0.3) is 10.2 Å². The number of aliphatic hydroxyl groups excluding tert-OH is 1. The van der Waals surface area contributed by atoms with Crippen LogP contribution in [0.4, 0.5) is 0 Å². The van der Waals surface area contributed by atoms with Crippen LogP contribution in [0.1, 0.15) is 32.5 Å². The fourth-order valence-corrected chi connectivity index (χ4v) is 4.67. The quantitative estimate of drug-likeness (QED) is 0.389. The summed E-state index contributed by atoms with van der Waals surface area (Å²) in [6, 6.07) is 18.4. The lowest BCUT2D eigenvalue weighted by atomic mass is 10.1. The second kappa shape index (κ2) is 10.3. The molecule has 6 nitrogen and oxygen atoms in total. The summed E-state index contributed by atoms with van der Waals surface area (Å²) in [7, 11) is 1.80. The Kier molecular flexibility index (Phi) is 7.25. The third-order valence-electron chi connectivity index (χ3n) is 5.27. The zero-order valence-corrected chi connectivity index (χ0v) is 19.5. The molecule has 8 heteroatoms. The molecule has 0 radical (unpaired) electrons. The minimum Gasteiger partial charge on any atom is -0.393 e. The molecule has 2 aromatic heterocycles. The Morgan fingerprint density at radius 2 is 1.91 bits per heavy atom. The lowest BCUT2D eigenvalue weighted by Gasteiger charge is -2.15. The van der Waals surface area contributed by atoms with Gasteiger partial charge in [-0.2, -0.15) is 0 Å². The van der Waals surface area contributed by atoms with Crippen LogP contribution in [0.15, 0.2) is 71.7 Å². The molecule has 4 rings (SSSR count). The number of nitrogens with zero attached hydrogens (tertiary/aromatic N) is 1. The second-order valence-electron chi connectivity index (χ2n) is 7.62. The van der Waals surface area contributed by atoms with E-state index in [-0.39, 0.29) is 24.2 Å². The van der Waals surface area contributed by atoms with Gasteiger partial charge in [0.15, 0.2) is 0 Å². The van der Waals surface area contributed by atoms with E-state index in [1.807, 2.05) is 42.5 Å². The van der Waals surface area contributed by atoms with Crippen molar-refractivity contribution in [2.75, 3.05) is 6.61 Å². The van der Waals surface area contributed by atoms with Crippen LogP contribution >= 0.6 is 22.9 Å². The summed E-state index contributed by atoms with van der Waals surface area (Å²) >= 11 is 7.32. The van der Waals surface area contributed by atoms with Crippen molar-refractivity contribution in [3.05, 3.63) is 104 Å². The third-order valence-corrected chi connectivity index (χ3v) is 6.72. The van der Waals surface area contributed by atoms with Crippen LogP contribution in [0.5, 0.6) is 0 Å². The molecule has 0 aliphatic rings. The van der Waals surface area contributed by atoms with Gasteiger partial charge in [0.2, 0.25) is 5.43 Å². The molecule has 1 amide bonds. The number of aliphatic hydroxyl groups is 1. The molecule has 2 N–H and O–H groups in total. The fourth-order valence-electron chi connectivity index (χ4n) is 3.53. The number of carbonyl (C=O) groups excluding carboxylic acids is 1. The first-order chi connectivity index (χ1) is 16.0. The topological polar surface area (TPSA) is 80.6 Å². The molecule has 4 aromatic rings. The highest BCUT2D eigenvalue weighted by molar-refractivity contribution is 7.18. The molecule has 2 aromatic carbocycles. The van der Waals surface area contributed by atoms with Gasteiger partial charge in [-0.25, -0.2) is 0 Å². The van der Waals surface area contributed by atoms with E-state index in [4.69, 9.17) is 16.3 Å². The maximum absolute atomic E-state index is 13.0. The standard InChI is InChI=1S/C25H23ClN2O4S/c1-28-13-21(24(31)27-12-16-7-9-18(26)10-8-16)23(30)20-11-19(33-25(20)28)15-32-22(14-29)17-5-3-2-4-6-17/h2-11,13,22,29H,12,14-15H2,1H3,(H,27,31). The molecule has 0 aliphatic carbocycles. The van der Waals surface area contributed by atoms with Crippen molar-refractivity contribution in [3.63, 3.8) is 0 Å². The number of ether oxygens (including phenoxy) is 1. The van der Waals surface area contributed by atoms with E-state index in [1.54, 1.807) is 36.0 Å². The molecule has 2 heterocycles. The highest BCUT2D eigenvalue weighted by atomic mass is 35.5. The van der Waals surface area contributed by atoms with Crippen LogP contribution in [-0.2, 0) is 24.9 Å². The number of benzene rings is 2. The van der Waals surface area contributed by atoms with Gasteiger partial charge in [0.05, 0.1) is 18.6 Å². The fraction of sp³-hybridized carbons (Fsp3) is 0.200. The number of fused-ring (bicyclic) bond motifs is 1. The number of pyridine rings is 1. The first-order valence-corrected chi connectivity index (χ1v) is 11.6. The van der Waals surface area contributed by atoms with Crippen LogP contribution < -0.4 is 10.7 Å². The lowest BCUT2D eigenvalue weighted by Crippen LogP contribution is -2.29. The van der Waals surface area contributed by atoms with Crippen LogP contribution in [0.3, 0.4) is 0 Å². The first-order valence-electron chi connectivity index (χ1n) is 10.4. The highest BCUT2D eigenvalue weighted by Gasteiger charge is 2.18. The number of carbonyl (C=O) groups is 1. The minimum atomic E-state index is -0.453. The summed E-state index contributed by atoms with van der Waals surface area (Å²) in [6.45, 7) is 0.395. The molecule has 33 heavy (non-hydrogen) atoms. The Morgan fingerprint density at radius 3 is 2.61 bits per heavy atom. The average molecular weight is 483 g/mol. The predicted molar refractivity (Wildman–Crippen MR) is 131 cm³/mol. The maximum atomic E-state index is 13.0. The monoisotopic (exact) mass is 482 g/mol. The molecular formula is C25H23ClN2O4S. The van der Waals surface area contributed by atoms with E-state index in [0.717, 1.165) is 20.8 Å². The number of hydrogen-bond donors (Lipinski definition) is 2. The number of amides is 1. The van der Waals surface area contributed by atoms with Gasteiger partial charge >= 0.3 is 0 Å². The van der Waals surface area contributed by atoms with Crippen molar-refractivity contribution in [3.8, 4) is 0 Å². The van der Waals surface area contributed by atoms with Crippen molar-refractivity contribution >= 4 is 39.1 Å². The van der Waals surface area contributed by atoms with Crippen LogP contribution in [-0.4, -0.2) is 22.2 Å².